The van der Waals surface area contributed by atoms with Crippen LogP contribution in [0.25, 0.3) is 0 Å². The van der Waals surface area contributed by atoms with Crippen LogP contribution in [0.2, 0.25) is 0 Å². The molecule has 0 radical (unpaired) electrons. The number of nitrogens with one attached hydrogen (secondary N) is 3. The molecule has 0 aliphatic carbocycles. The Bertz CT molecular complexity index is 685. The molecule has 128 valence electrons. The van der Waals surface area contributed by atoms with Crippen LogP contribution in [0.3, 0.4) is 0 Å². The van der Waals surface area contributed by atoms with E-state index in [0.29, 0.717) is 18.8 Å². The highest BCUT2D eigenvalue weighted by molar-refractivity contribution is 5.83. The van der Waals surface area contributed by atoms with Crippen molar-refractivity contribution in [2.24, 2.45) is 0 Å². The van der Waals surface area contributed by atoms with Gasteiger partial charge in [-0.2, -0.15) is 0 Å². The average molecular weight is 329 g/mol. The van der Waals surface area contributed by atoms with E-state index >= 15 is 0 Å². The van der Waals surface area contributed by atoms with Crippen LogP contribution in [0.1, 0.15) is 28.0 Å². The summed E-state index contributed by atoms with van der Waals surface area (Å²) < 4.78 is 5.11. The van der Waals surface area contributed by atoms with E-state index in [1.807, 2.05) is 20.8 Å². The number of carbonyl (C=O) groups excluding carboxylic acids is 2. The molecule has 1 aromatic carbocycles. The minimum atomic E-state index is -0.373. The molecule has 0 atom stereocenters. The molecule has 1 aromatic heterocycles. The highest BCUT2D eigenvalue weighted by atomic mass is 16.3. The first-order chi connectivity index (χ1) is 11.5. The van der Waals surface area contributed by atoms with Gasteiger partial charge in [0.05, 0.1) is 19.4 Å². The highest BCUT2D eigenvalue weighted by Gasteiger charge is 2.08. The number of benzene rings is 1. The van der Waals surface area contributed by atoms with Crippen molar-refractivity contribution in [2.45, 2.75) is 33.9 Å². The molecule has 0 bridgehead atoms. The first-order valence-corrected chi connectivity index (χ1v) is 7.83. The second kappa shape index (κ2) is 8.19. The summed E-state index contributed by atoms with van der Waals surface area (Å²) in [6.45, 7) is 6.74. The zero-order valence-electron chi connectivity index (χ0n) is 14.2. The predicted molar refractivity (Wildman–Crippen MR) is 91.4 cm³/mol. The van der Waals surface area contributed by atoms with Gasteiger partial charge in [0.1, 0.15) is 5.76 Å². The van der Waals surface area contributed by atoms with Crippen LogP contribution in [0.5, 0.6) is 0 Å². The van der Waals surface area contributed by atoms with E-state index in [0.717, 1.165) is 16.7 Å². The van der Waals surface area contributed by atoms with Gasteiger partial charge in [-0.25, -0.2) is 4.79 Å². The molecule has 0 fully saturated rings. The van der Waals surface area contributed by atoms with Gasteiger partial charge in [0, 0.05) is 6.54 Å². The van der Waals surface area contributed by atoms with Gasteiger partial charge in [0.15, 0.2) is 0 Å². The van der Waals surface area contributed by atoms with Gasteiger partial charge in [0.2, 0.25) is 5.91 Å². The number of hydrogen-bond acceptors (Lipinski definition) is 3. The SMILES string of the molecule is Cc1cc(C)c(CNC(=O)NCC(=O)NCc2ccco2)c(C)c1. The van der Waals surface area contributed by atoms with Crippen molar-refractivity contribution >= 4 is 11.9 Å². The highest BCUT2D eigenvalue weighted by Crippen LogP contribution is 2.15. The minimum Gasteiger partial charge on any atom is -0.467 e. The molecule has 0 saturated carbocycles. The lowest BCUT2D eigenvalue weighted by Crippen LogP contribution is -2.41. The van der Waals surface area contributed by atoms with Crippen molar-refractivity contribution in [1.82, 2.24) is 16.0 Å². The summed E-state index contributed by atoms with van der Waals surface area (Å²) in [7, 11) is 0. The van der Waals surface area contributed by atoms with Crippen molar-refractivity contribution < 1.29 is 14.0 Å². The van der Waals surface area contributed by atoms with Crippen molar-refractivity contribution in [3.63, 3.8) is 0 Å². The van der Waals surface area contributed by atoms with Gasteiger partial charge in [-0.05, 0) is 49.6 Å². The number of urea groups is 1. The number of hydrogen-bond donors (Lipinski definition) is 3. The molecule has 6 heteroatoms. The summed E-state index contributed by atoms with van der Waals surface area (Å²) in [6, 6.07) is 7.32. The van der Waals surface area contributed by atoms with Crippen molar-refractivity contribution in [3.8, 4) is 0 Å². The molecule has 0 aliphatic rings. The summed E-state index contributed by atoms with van der Waals surface area (Å²) in [5.74, 6) is 0.391. The summed E-state index contributed by atoms with van der Waals surface area (Å²) in [5, 5.41) is 7.98. The molecule has 1 heterocycles. The lowest BCUT2D eigenvalue weighted by molar-refractivity contribution is -0.120. The molecule has 2 aromatic rings. The van der Waals surface area contributed by atoms with Gasteiger partial charge in [-0.3, -0.25) is 4.79 Å². The van der Waals surface area contributed by atoms with Crippen LogP contribution in [0, 0.1) is 20.8 Å². The van der Waals surface area contributed by atoms with Crippen molar-refractivity contribution in [1.29, 1.82) is 0 Å². The minimum absolute atomic E-state index is 0.0849. The monoisotopic (exact) mass is 329 g/mol. The fraction of sp³-hybridized carbons (Fsp3) is 0.333. The molecule has 0 saturated heterocycles. The molecule has 0 aliphatic heterocycles. The molecular weight excluding hydrogens is 306 g/mol. The van der Waals surface area contributed by atoms with Crippen LogP contribution < -0.4 is 16.0 Å². The number of amides is 3. The maximum absolute atomic E-state index is 11.8. The van der Waals surface area contributed by atoms with Crippen molar-refractivity contribution in [3.05, 3.63) is 58.5 Å². The maximum atomic E-state index is 11.8. The fourth-order valence-corrected chi connectivity index (χ4v) is 2.54. The van der Waals surface area contributed by atoms with E-state index in [1.54, 1.807) is 18.4 Å². The third-order valence-corrected chi connectivity index (χ3v) is 3.72. The third-order valence-electron chi connectivity index (χ3n) is 3.72. The number of aryl methyl sites for hydroxylation is 3. The Morgan fingerprint density at radius 2 is 1.71 bits per heavy atom. The zero-order chi connectivity index (χ0) is 17.5. The van der Waals surface area contributed by atoms with Gasteiger partial charge in [-0.1, -0.05) is 17.7 Å². The topological polar surface area (TPSA) is 83.4 Å². The average Bonchev–Trinajstić information content (AvgIpc) is 3.03. The number of carbonyl (C=O) groups is 2. The summed E-state index contributed by atoms with van der Waals surface area (Å²) in [5.41, 5.74) is 4.58. The van der Waals surface area contributed by atoms with E-state index in [1.165, 1.54) is 5.56 Å². The first-order valence-electron chi connectivity index (χ1n) is 7.83. The lowest BCUT2D eigenvalue weighted by atomic mass is 10.00. The van der Waals surface area contributed by atoms with E-state index in [-0.39, 0.29) is 18.5 Å². The largest absolute Gasteiger partial charge is 0.467 e. The van der Waals surface area contributed by atoms with E-state index in [4.69, 9.17) is 4.42 Å². The quantitative estimate of drug-likeness (QED) is 0.760. The Morgan fingerprint density at radius 1 is 1.00 bits per heavy atom. The molecule has 24 heavy (non-hydrogen) atoms. The van der Waals surface area contributed by atoms with Gasteiger partial charge < -0.3 is 20.4 Å². The Balaban J connectivity index is 1.72. The molecule has 0 unspecified atom stereocenters. The van der Waals surface area contributed by atoms with E-state index in [2.05, 4.69) is 28.1 Å². The first kappa shape index (κ1) is 17.6. The molecule has 0 spiro atoms. The summed E-state index contributed by atoms with van der Waals surface area (Å²) >= 11 is 0. The second-order valence-corrected chi connectivity index (χ2v) is 5.77. The second-order valence-electron chi connectivity index (χ2n) is 5.77. The standard InChI is InChI=1S/C18H23N3O3/c1-12-7-13(2)16(14(3)8-12)10-20-18(23)21-11-17(22)19-9-15-5-4-6-24-15/h4-8H,9-11H2,1-3H3,(H,19,22)(H2,20,21,23). The summed E-state index contributed by atoms with van der Waals surface area (Å²) in [4.78, 5) is 23.5. The van der Waals surface area contributed by atoms with Crippen LogP contribution in [0.4, 0.5) is 4.79 Å². The number of furan rings is 1. The van der Waals surface area contributed by atoms with Gasteiger partial charge >= 0.3 is 6.03 Å². The van der Waals surface area contributed by atoms with Crippen LogP contribution >= 0.6 is 0 Å². The van der Waals surface area contributed by atoms with E-state index < -0.39 is 0 Å². The third kappa shape index (κ3) is 5.15. The predicted octanol–water partition coefficient (Wildman–Crippen LogP) is 2.32. The molecule has 3 N–H and O–H groups in total. The van der Waals surface area contributed by atoms with Crippen molar-refractivity contribution in [2.75, 3.05) is 6.54 Å². The lowest BCUT2D eigenvalue weighted by Gasteiger charge is -2.13. The molecular formula is C18H23N3O3. The Labute approximate surface area is 141 Å². The normalized spacial score (nSPS) is 10.3. The van der Waals surface area contributed by atoms with Crippen LogP contribution in [-0.2, 0) is 17.9 Å². The Morgan fingerprint density at radius 3 is 2.33 bits per heavy atom. The zero-order valence-corrected chi connectivity index (χ0v) is 14.2. The van der Waals surface area contributed by atoms with E-state index in [9.17, 15) is 9.59 Å². The molecule has 6 nitrogen and oxygen atoms in total. The summed E-state index contributed by atoms with van der Waals surface area (Å²) in [6.07, 6.45) is 1.54. The Hall–Kier alpha value is -2.76. The molecule has 3 amide bonds. The van der Waals surface area contributed by atoms with Crippen LogP contribution in [-0.4, -0.2) is 18.5 Å². The van der Waals surface area contributed by atoms with Gasteiger partial charge in [-0.15, -0.1) is 0 Å². The Kier molecular flexibility index (Phi) is 6.01. The maximum Gasteiger partial charge on any atom is 0.315 e. The smallest absolute Gasteiger partial charge is 0.315 e. The van der Waals surface area contributed by atoms with Crippen LogP contribution in [0.15, 0.2) is 34.9 Å². The molecule has 2 rings (SSSR count). The number of rotatable bonds is 6. The van der Waals surface area contributed by atoms with Gasteiger partial charge in [0.25, 0.3) is 0 Å². The fourth-order valence-electron chi connectivity index (χ4n) is 2.54.